The fourth-order valence-electron chi connectivity index (χ4n) is 2.04. The lowest BCUT2D eigenvalue weighted by atomic mass is 10.0. The zero-order valence-electron chi connectivity index (χ0n) is 11.0. The second-order valence-electron chi connectivity index (χ2n) is 3.96. The van der Waals surface area contributed by atoms with Crippen LogP contribution in [0.25, 0.3) is 24.3 Å². The molecule has 0 spiro atoms. The van der Waals surface area contributed by atoms with Crippen LogP contribution in [0.15, 0.2) is 24.3 Å². The summed E-state index contributed by atoms with van der Waals surface area (Å²) in [5, 5.41) is 2.79. The number of fused-ring (bicyclic) bond motifs is 2. The average molecular weight is 350 g/mol. The maximum Gasteiger partial charge on any atom is 0.0137 e. The first-order valence-electron chi connectivity index (χ1n) is 6.52. The van der Waals surface area contributed by atoms with E-state index in [0.717, 1.165) is 6.42 Å². The molecule has 18 heavy (non-hydrogen) atoms. The van der Waals surface area contributed by atoms with Crippen LogP contribution < -0.4 is 10.4 Å². The van der Waals surface area contributed by atoms with Crippen molar-refractivity contribution in [3.63, 3.8) is 0 Å². The first kappa shape index (κ1) is 13.5. The van der Waals surface area contributed by atoms with Gasteiger partial charge in [0.2, 0.25) is 0 Å². The van der Waals surface area contributed by atoms with Crippen LogP contribution in [-0.2, 0) is 0 Å². The Morgan fingerprint density at radius 3 is 2.33 bits per heavy atom. The van der Waals surface area contributed by atoms with E-state index in [4.69, 9.17) is 0 Å². The third-order valence-electron chi connectivity index (χ3n) is 2.87. The number of hydrogen-bond acceptors (Lipinski definition) is 0. The summed E-state index contributed by atoms with van der Waals surface area (Å²) in [6, 6.07) is 4.65. The van der Waals surface area contributed by atoms with E-state index in [1.165, 1.54) is 26.0 Å². The maximum atomic E-state index is 2.39. The molecule has 3 rings (SSSR count). The first-order chi connectivity index (χ1) is 8.93. The normalized spacial score (nSPS) is 15.4. The van der Waals surface area contributed by atoms with Crippen LogP contribution in [-0.4, -0.2) is 8.44 Å². The Labute approximate surface area is 119 Å². The molecule has 1 aliphatic heterocycles. The third-order valence-corrected chi connectivity index (χ3v) is 4.69. The van der Waals surface area contributed by atoms with Crippen molar-refractivity contribution in [1.29, 1.82) is 0 Å². The molecule has 0 nitrogen and oxygen atoms in total. The molecule has 0 fully saturated rings. The molecule has 0 N–H and O–H groups in total. The highest BCUT2D eigenvalue weighted by Crippen LogP contribution is 2.13. The van der Waals surface area contributed by atoms with Gasteiger partial charge >= 0.3 is 0 Å². The van der Waals surface area contributed by atoms with Gasteiger partial charge in [0, 0.05) is 4.43 Å². The molecule has 0 aromatic heterocycles. The van der Waals surface area contributed by atoms with E-state index in [9.17, 15) is 0 Å². The third kappa shape index (κ3) is 3.08. The van der Waals surface area contributed by atoms with Crippen LogP contribution in [0.4, 0.5) is 0 Å². The van der Waals surface area contributed by atoms with Crippen LogP contribution in [0.1, 0.15) is 31.4 Å². The van der Waals surface area contributed by atoms with Crippen molar-refractivity contribution in [1.82, 2.24) is 0 Å². The largest absolute Gasteiger partial charge is 0.118 e. The quantitative estimate of drug-likeness (QED) is 0.496. The molecule has 0 atom stereocenters. The van der Waals surface area contributed by atoms with Crippen molar-refractivity contribution in [2.24, 2.45) is 0 Å². The summed E-state index contributed by atoms with van der Waals surface area (Å²) < 4.78 is 3.64. The lowest BCUT2D eigenvalue weighted by Gasteiger charge is -2.01. The summed E-state index contributed by atoms with van der Waals surface area (Å²) in [4.78, 5) is 0. The van der Waals surface area contributed by atoms with Gasteiger partial charge in [0.25, 0.3) is 0 Å². The average Bonchev–Trinajstić information content (AvgIpc) is 2.77. The van der Waals surface area contributed by atoms with Gasteiger partial charge in [-0.3, -0.25) is 0 Å². The minimum absolute atomic E-state index is 0.248. The number of benzene rings is 1. The van der Waals surface area contributed by atoms with Gasteiger partial charge in [0.1, 0.15) is 0 Å². The van der Waals surface area contributed by atoms with Gasteiger partial charge < -0.3 is 0 Å². The summed E-state index contributed by atoms with van der Waals surface area (Å²) in [5.74, 6) is 0. The monoisotopic (exact) mass is 350 g/mol. The van der Waals surface area contributed by atoms with E-state index in [-0.39, 0.29) is 20.7 Å². The predicted octanol–water partition coefficient (Wildman–Crippen LogP) is 3.49. The Morgan fingerprint density at radius 2 is 1.61 bits per heavy atom. The van der Waals surface area contributed by atoms with Gasteiger partial charge in [-0.25, -0.2) is 0 Å². The molecule has 0 saturated carbocycles. The van der Waals surface area contributed by atoms with Crippen molar-refractivity contribution >= 4 is 49.0 Å². The van der Waals surface area contributed by atoms with E-state index in [0.29, 0.717) is 0 Å². The smallest absolute Gasteiger partial charge is 0.0137 e. The van der Waals surface area contributed by atoms with Crippen LogP contribution in [0.3, 0.4) is 0 Å². The molecule has 0 bridgehead atoms. The van der Waals surface area contributed by atoms with E-state index < -0.39 is 0 Å². The lowest BCUT2D eigenvalue weighted by molar-refractivity contribution is 1.44. The second kappa shape index (κ2) is 6.83. The van der Waals surface area contributed by atoms with E-state index in [1.54, 1.807) is 0 Å². The van der Waals surface area contributed by atoms with Crippen LogP contribution in [0.5, 0.6) is 0 Å². The minimum atomic E-state index is 0.248. The standard InChI is InChI=1S/C15H13I.C2H6/c1-2-4-12-10-14-6-8-16-9-7-15(14)11-13(12)5-3-1;1-2/h2-8,10-11H,1,9H2;1-2H3. The van der Waals surface area contributed by atoms with Crippen molar-refractivity contribution < 1.29 is 0 Å². The van der Waals surface area contributed by atoms with Gasteiger partial charge in [-0.1, -0.05) is 44.2 Å². The van der Waals surface area contributed by atoms with Gasteiger partial charge in [-0.15, -0.1) is 20.7 Å². The zero-order valence-corrected chi connectivity index (χ0v) is 13.1. The van der Waals surface area contributed by atoms with Gasteiger partial charge in [-0.2, -0.15) is 0 Å². The van der Waals surface area contributed by atoms with Gasteiger partial charge in [0.05, 0.1) is 0 Å². The van der Waals surface area contributed by atoms with E-state index in [2.05, 4.69) is 52.6 Å². The van der Waals surface area contributed by atoms with Crippen molar-refractivity contribution in [3.8, 4) is 0 Å². The fourth-order valence-corrected chi connectivity index (χ4v) is 3.70. The molecular weight excluding hydrogens is 331 g/mol. The van der Waals surface area contributed by atoms with E-state index in [1.807, 2.05) is 13.8 Å². The van der Waals surface area contributed by atoms with E-state index >= 15 is 0 Å². The first-order valence-corrected chi connectivity index (χ1v) is 9.29. The molecule has 94 valence electrons. The molecule has 2 aliphatic rings. The summed E-state index contributed by atoms with van der Waals surface area (Å²) >= 11 is 0.248. The molecule has 1 aromatic carbocycles. The van der Waals surface area contributed by atoms with Crippen molar-refractivity contribution in [2.45, 2.75) is 20.3 Å². The SMILES string of the molecule is C1=Cc2cc3c(cc2C=CC1)=CCI=CC=3.CC. The van der Waals surface area contributed by atoms with Crippen molar-refractivity contribution in [3.05, 3.63) is 45.8 Å². The lowest BCUT2D eigenvalue weighted by Crippen LogP contribution is -2.25. The Balaban J connectivity index is 0.000000574. The van der Waals surface area contributed by atoms with Crippen molar-refractivity contribution in [2.75, 3.05) is 4.43 Å². The summed E-state index contributed by atoms with van der Waals surface area (Å²) in [5.41, 5.74) is 2.71. The Hall–Kier alpha value is -0.960. The highest BCUT2D eigenvalue weighted by Gasteiger charge is 2.00. The Bertz CT molecular complexity index is 616. The molecule has 1 heteroatoms. The highest BCUT2D eigenvalue weighted by molar-refractivity contribution is 14.2. The summed E-state index contributed by atoms with van der Waals surface area (Å²) in [6.45, 7) is 4.00. The van der Waals surface area contributed by atoms with Gasteiger partial charge in [0.15, 0.2) is 0 Å². The molecule has 1 aliphatic carbocycles. The summed E-state index contributed by atoms with van der Waals surface area (Å²) in [6.07, 6.45) is 14.7. The Kier molecular flexibility index (Phi) is 5.12. The molecule has 1 aromatic rings. The number of hydrogen-bond donors (Lipinski definition) is 0. The van der Waals surface area contributed by atoms with Crippen LogP contribution in [0.2, 0.25) is 0 Å². The predicted molar refractivity (Wildman–Crippen MR) is 93.6 cm³/mol. The molecule has 0 amide bonds. The highest BCUT2D eigenvalue weighted by atomic mass is 127. The number of alkyl halides is 1. The molecule has 1 heterocycles. The molecule has 0 radical (unpaired) electrons. The Morgan fingerprint density at radius 1 is 0.944 bits per heavy atom. The second-order valence-corrected chi connectivity index (χ2v) is 6.44. The maximum absolute atomic E-state index is 2.39. The molecular formula is C17H19I. The number of halogens is 1. The fraction of sp³-hybridized carbons (Fsp3) is 0.235. The zero-order chi connectivity index (χ0) is 12.8. The molecule has 0 saturated heterocycles. The van der Waals surface area contributed by atoms with Gasteiger partial charge in [-0.05, 0) is 50.2 Å². The summed E-state index contributed by atoms with van der Waals surface area (Å²) in [7, 11) is 0. The topological polar surface area (TPSA) is 0 Å². The van der Waals surface area contributed by atoms with Crippen LogP contribution >= 0.6 is 20.7 Å². The number of rotatable bonds is 0. The minimum Gasteiger partial charge on any atom is -0.118 e. The molecule has 0 unspecified atom stereocenters. The van der Waals surface area contributed by atoms with Crippen LogP contribution in [0, 0.1) is 0 Å². The number of allylic oxidation sites excluding steroid dienone is 2.